The van der Waals surface area contributed by atoms with Gasteiger partial charge in [0.1, 0.15) is 17.6 Å². The topological polar surface area (TPSA) is 98.1 Å². The Kier molecular flexibility index (Phi) is 4.91. The van der Waals surface area contributed by atoms with Crippen molar-refractivity contribution in [2.45, 2.75) is 31.9 Å². The van der Waals surface area contributed by atoms with E-state index in [-0.39, 0.29) is 29.7 Å². The first-order valence-electron chi connectivity index (χ1n) is 7.67. The lowest BCUT2D eigenvalue weighted by Gasteiger charge is -2.31. The molecule has 24 heavy (non-hydrogen) atoms. The van der Waals surface area contributed by atoms with Crippen molar-refractivity contribution in [3.8, 4) is 0 Å². The van der Waals surface area contributed by atoms with Crippen LogP contribution in [0.15, 0.2) is 17.8 Å². The van der Waals surface area contributed by atoms with Crippen molar-refractivity contribution < 1.29 is 14.3 Å². The van der Waals surface area contributed by atoms with E-state index in [4.69, 9.17) is 4.74 Å². The smallest absolute Gasteiger partial charge is 0.271 e. The molecule has 1 fully saturated rings. The van der Waals surface area contributed by atoms with Crippen molar-refractivity contribution in [1.82, 2.24) is 19.9 Å². The number of carbonyl (C=O) groups excluding carboxylic acids is 2. The third-order valence-electron chi connectivity index (χ3n) is 3.77. The summed E-state index contributed by atoms with van der Waals surface area (Å²) in [6.45, 7) is 2.05. The first kappa shape index (κ1) is 16.6. The molecule has 0 bridgehead atoms. The summed E-state index contributed by atoms with van der Waals surface area (Å²) in [6.07, 6.45) is 4.97. The number of rotatable bonds is 4. The maximum Gasteiger partial charge on any atom is 0.271 e. The number of amides is 2. The Morgan fingerprint density at radius 1 is 1.46 bits per heavy atom. The number of nitrogens with zero attached hydrogens (tertiary/aromatic N) is 3. The fraction of sp³-hybridized carbons (Fsp3) is 0.467. The predicted molar refractivity (Wildman–Crippen MR) is 88.8 cm³/mol. The van der Waals surface area contributed by atoms with Gasteiger partial charge in [-0.25, -0.2) is 9.97 Å². The highest BCUT2D eigenvalue weighted by atomic mass is 32.1. The second kappa shape index (κ2) is 7.10. The molecule has 1 aliphatic rings. The molecule has 9 heteroatoms. The number of anilines is 1. The van der Waals surface area contributed by atoms with E-state index in [0.29, 0.717) is 11.7 Å². The lowest BCUT2D eigenvalue weighted by molar-refractivity contribution is -0.114. The lowest BCUT2D eigenvalue weighted by Crippen LogP contribution is -2.43. The Labute approximate surface area is 143 Å². The van der Waals surface area contributed by atoms with Gasteiger partial charge in [0.05, 0.1) is 6.04 Å². The fourth-order valence-electron chi connectivity index (χ4n) is 2.66. The lowest BCUT2D eigenvalue weighted by atomic mass is 10.0. The van der Waals surface area contributed by atoms with Gasteiger partial charge in [-0.1, -0.05) is 0 Å². The fourth-order valence-corrected chi connectivity index (χ4v) is 3.40. The number of ether oxygens (including phenoxy) is 1. The Morgan fingerprint density at radius 2 is 2.29 bits per heavy atom. The van der Waals surface area contributed by atoms with E-state index in [9.17, 15) is 9.59 Å². The molecule has 2 atom stereocenters. The van der Waals surface area contributed by atoms with Crippen molar-refractivity contribution >= 4 is 28.3 Å². The van der Waals surface area contributed by atoms with Gasteiger partial charge in [0.2, 0.25) is 5.91 Å². The SMILES string of the molecule is CC(=O)Nc1nc(C(=O)N[C@H]2CCCO[C@@H]2c2nccn2C)cs1. The molecule has 2 N–H and O–H groups in total. The van der Waals surface area contributed by atoms with Crippen LogP contribution in [-0.2, 0) is 16.6 Å². The summed E-state index contributed by atoms with van der Waals surface area (Å²) < 4.78 is 7.73. The molecule has 3 heterocycles. The van der Waals surface area contributed by atoms with Crippen LogP contribution < -0.4 is 10.6 Å². The molecule has 3 rings (SSSR count). The monoisotopic (exact) mass is 349 g/mol. The van der Waals surface area contributed by atoms with Gasteiger partial charge in [-0.2, -0.15) is 0 Å². The van der Waals surface area contributed by atoms with E-state index >= 15 is 0 Å². The molecule has 0 aliphatic carbocycles. The van der Waals surface area contributed by atoms with Crippen LogP contribution in [0.25, 0.3) is 0 Å². The molecule has 0 saturated carbocycles. The van der Waals surface area contributed by atoms with E-state index in [1.165, 1.54) is 18.3 Å². The molecule has 1 saturated heterocycles. The molecular weight excluding hydrogens is 330 g/mol. The number of aromatic nitrogens is 3. The first-order valence-corrected chi connectivity index (χ1v) is 8.55. The number of imidazole rings is 1. The van der Waals surface area contributed by atoms with Gasteiger partial charge < -0.3 is 19.9 Å². The third-order valence-corrected chi connectivity index (χ3v) is 4.53. The normalized spacial score (nSPS) is 20.6. The van der Waals surface area contributed by atoms with Gasteiger partial charge in [-0.05, 0) is 12.8 Å². The van der Waals surface area contributed by atoms with Gasteiger partial charge in [0.15, 0.2) is 5.13 Å². The van der Waals surface area contributed by atoms with Crippen LogP contribution in [0.4, 0.5) is 5.13 Å². The summed E-state index contributed by atoms with van der Waals surface area (Å²) in [4.78, 5) is 32.0. The standard InChI is InChI=1S/C15H19N5O3S/c1-9(21)17-15-19-11(8-24-15)14(22)18-10-4-3-7-23-12(10)13-16-5-6-20(13)2/h5-6,8,10,12H,3-4,7H2,1-2H3,(H,18,22)(H,17,19,21)/t10-,12-/m0/s1. The highest BCUT2D eigenvalue weighted by molar-refractivity contribution is 7.14. The summed E-state index contributed by atoms with van der Waals surface area (Å²) >= 11 is 1.22. The molecule has 8 nitrogen and oxygen atoms in total. The molecule has 0 spiro atoms. The van der Waals surface area contributed by atoms with E-state index in [2.05, 4.69) is 20.6 Å². The largest absolute Gasteiger partial charge is 0.368 e. The van der Waals surface area contributed by atoms with E-state index in [1.54, 1.807) is 11.6 Å². The molecular formula is C15H19N5O3S. The zero-order valence-electron chi connectivity index (χ0n) is 13.5. The molecule has 2 aromatic heterocycles. The second-order valence-corrected chi connectivity index (χ2v) is 6.49. The minimum absolute atomic E-state index is 0.168. The highest BCUT2D eigenvalue weighted by Crippen LogP contribution is 2.27. The van der Waals surface area contributed by atoms with Crippen LogP contribution in [0.2, 0.25) is 0 Å². The zero-order chi connectivity index (χ0) is 17.1. The van der Waals surface area contributed by atoms with Crippen LogP contribution in [-0.4, -0.2) is 39.0 Å². The quantitative estimate of drug-likeness (QED) is 0.871. The van der Waals surface area contributed by atoms with Crippen molar-refractivity contribution in [3.05, 3.63) is 29.3 Å². The maximum atomic E-state index is 12.4. The summed E-state index contributed by atoms with van der Waals surface area (Å²) in [6, 6.07) is -0.168. The third kappa shape index (κ3) is 3.62. The average molecular weight is 349 g/mol. The van der Waals surface area contributed by atoms with Gasteiger partial charge >= 0.3 is 0 Å². The Balaban J connectivity index is 1.71. The van der Waals surface area contributed by atoms with Crippen LogP contribution >= 0.6 is 11.3 Å². The Hall–Kier alpha value is -2.26. The summed E-state index contributed by atoms with van der Waals surface area (Å²) in [5.74, 6) is 0.293. The Bertz CT molecular complexity index is 741. The molecule has 0 radical (unpaired) electrons. The predicted octanol–water partition coefficient (Wildman–Crippen LogP) is 1.49. The summed E-state index contributed by atoms with van der Waals surface area (Å²) in [5.41, 5.74) is 0.285. The number of hydrogen-bond acceptors (Lipinski definition) is 6. The second-order valence-electron chi connectivity index (χ2n) is 5.63. The Morgan fingerprint density at radius 3 is 3.00 bits per heavy atom. The minimum Gasteiger partial charge on any atom is -0.368 e. The average Bonchev–Trinajstić information content (AvgIpc) is 3.16. The number of nitrogens with one attached hydrogen (secondary N) is 2. The number of thiazole rings is 1. The van der Waals surface area contributed by atoms with Crippen molar-refractivity contribution in [2.75, 3.05) is 11.9 Å². The number of carbonyl (C=O) groups is 2. The number of aryl methyl sites for hydroxylation is 1. The van der Waals surface area contributed by atoms with Crippen molar-refractivity contribution in [1.29, 1.82) is 0 Å². The molecule has 2 amide bonds. The number of hydrogen-bond donors (Lipinski definition) is 2. The van der Waals surface area contributed by atoms with Gasteiger partial charge in [-0.15, -0.1) is 11.3 Å². The molecule has 1 aliphatic heterocycles. The molecule has 0 aromatic carbocycles. The van der Waals surface area contributed by atoms with E-state index in [0.717, 1.165) is 18.7 Å². The first-order chi connectivity index (χ1) is 11.5. The van der Waals surface area contributed by atoms with Crippen LogP contribution in [0.3, 0.4) is 0 Å². The van der Waals surface area contributed by atoms with Gasteiger partial charge in [-0.3, -0.25) is 9.59 Å². The van der Waals surface area contributed by atoms with Crippen molar-refractivity contribution in [2.24, 2.45) is 7.05 Å². The van der Waals surface area contributed by atoms with E-state index in [1.807, 2.05) is 17.8 Å². The van der Waals surface area contributed by atoms with E-state index < -0.39 is 0 Å². The molecule has 0 unspecified atom stereocenters. The summed E-state index contributed by atoms with van der Waals surface area (Å²) in [7, 11) is 1.90. The van der Waals surface area contributed by atoms with Crippen LogP contribution in [0, 0.1) is 0 Å². The maximum absolute atomic E-state index is 12.4. The van der Waals surface area contributed by atoms with Crippen molar-refractivity contribution in [3.63, 3.8) is 0 Å². The zero-order valence-corrected chi connectivity index (χ0v) is 14.3. The van der Waals surface area contributed by atoms with Crippen LogP contribution in [0.5, 0.6) is 0 Å². The van der Waals surface area contributed by atoms with Gasteiger partial charge in [0.25, 0.3) is 5.91 Å². The minimum atomic E-state index is -0.281. The van der Waals surface area contributed by atoms with Gasteiger partial charge in [0, 0.05) is 38.4 Å². The highest BCUT2D eigenvalue weighted by Gasteiger charge is 2.32. The molecule has 128 valence electrons. The molecule has 2 aromatic rings. The van der Waals surface area contributed by atoms with Crippen LogP contribution in [0.1, 0.15) is 42.2 Å². The summed E-state index contributed by atoms with van der Waals surface area (Å²) in [5, 5.41) is 7.59.